The van der Waals surface area contributed by atoms with Crippen molar-refractivity contribution in [1.82, 2.24) is 24.6 Å². The molecule has 0 bridgehead atoms. The molecule has 1 amide bonds. The molecule has 25 heavy (non-hydrogen) atoms. The third-order valence-corrected chi connectivity index (χ3v) is 5.34. The van der Waals surface area contributed by atoms with E-state index in [9.17, 15) is 4.79 Å². The first-order valence-electron chi connectivity index (χ1n) is 9.24. The summed E-state index contributed by atoms with van der Waals surface area (Å²) in [5.41, 5.74) is 2.08. The molecule has 0 spiro atoms. The summed E-state index contributed by atoms with van der Waals surface area (Å²) in [6.45, 7) is 4.74. The van der Waals surface area contributed by atoms with Gasteiger partial charge in [-0.2, -0.15) is 5.10 Å². The lowest BCUT2D eigenvalue weighted by molar-refractivity contribution is 0.0793. The van der Waals surface area contributed by atoms with Crippen molar-refractivity contribution in [3.05, 3.63) is 48.0 Å². The van der Waals surface area contributed by atoms with Gasteiger partial charge in [0, 0.05) is 31.2 Å². The van der Waals surface area contributed by atoms with E-state index in [4.69, 9.17) is 0 Å². The Morgan fingerprint density at radius 1 is 1.08 bits per heavy atom. The van der Waals surface area contributed by atoms with Crippen LogP contribution in [-0.4, -0.2) is 56.1 Å². The third-order valence-electron chi connectivity index (χ3n) is 5.34. The van der Waals surface area contributed by atoms with Crippen molar-refractivity contribution in [2.45, 2.75) is 44.8 Å². The first kappa shape index (κ1) is 16.3. The van der Waals surface area contributed by atoms with Crippen molar-refractivity contribution < 1.29 is 4.79 Å². The predicted octanol–water partition coefficient (Wildman–Crippen LogP) is 2.18. The zero-order valence-electron chi connectivity index (χ0n) is 14.5. The van der Waals surface area contributed by atoms with E-state index >= 15 is 0 Å². The van der Waals surface area contributed by atoms with E-state index in [-0.39, 0.29) is 5.91 Å². The Labute approximate surface area is 148 Å². The van der Waals surface area contributed by atoms with Crippen LogP contribution in [0.25, 0.3) is 0 Å². The van der Waals surface area contributed by atoms with Crippen LogP contribution in [0.2, 0.25) is 0 Å². The van der Waals surface area contributed by atoms with Crippen LogP contribution < -0.4 is 0 Å². The minimum Gasteiger partial charge on any atom is -0.339 e. The quantitative estimate of drug-likeness (QED) is 0.838. The Kier molecular flexibility index (Phi) is 4.78. The normalized spacial score (nSPS) is 21.1. The van der Waals surface area contributed by atoms with Gasteiger partial charge in [0.1, 0.15) is 12.7 Å². The average molecular weight is 339 g/mol. The maximum absolute atomic E-state index is 12.4. The fraction of sp³-hybridized carbons (Fsp3) is 0.526. The van der Waals surface area contributed by atoms with Crippen LogP contribution in [-0.2, 0) is 13.1 Å². The van der Waals surface area contributed by atoms with Gasteiger partial charge in [-0.15, -0.1) is 0 Å². The topological polar surface area (TPSA) is 54.3 Å². The molecule has 1 aromatic heterocycles. The molecule has 2 aliphatic rings. The molecule has 0 aliphatic carbocycles. The number of rotatable bonds is 5. The SMILES string of the molecule is O=C(c1ccc(CN2CCC[C@@H]2Cn2cncn2)cc1)N1CCCC1. The summed E-state index contributed by atoms with van der Waals surface area (Å²) in [7, 11) is 0. The van der Waals surface area contributed by atoms with Crippen molar-refractivity contribution >= 4 is 5.91 Å². The van der Waals surface area contributed by atoms with E-state index in [1.54, 1.807) is 12.7 Å². The highest BCUT2D eigenvalue weighted by atomic mass is 16.2. The molecule has 132 valence electrons. The van der Waals surface area contributed by atoms with Crippen molar-refractivity contribution in [3.63, 3.8) is 0 Å². The van der Waals surface area contributed by atoms with Crippen molar-refractivity contribution in [2.24, 2.45) is 0 Å². The Bertz CT molecular complexity index is 691. The largest absolute Gasteiger partial charge is 0.339 e. The molecule has 0 N–H and O–H groups in total. The number of hydrogen-bond acceptors (Lipinski definition) is 4. The van der Waals surface area contributed by atoms with Gasteiger partial charge in [-0.1, -0.05) is 12.1 Å². The number of likely N-dealkylation sites (tertiary alicyclic amines) is 2. The van der Waals surface area contributed by atoms with Crippen LogP contribution in [0.5, 0.6) is 0 Å². The second kappa shape index (κ2) is 7.35. The zero-order chi connectivity index (χ0) is 17.1. The molecule has 4 rings (SSSR count). The summed E-state index contributed by atoms with van der Waals surface area (Å²) in [5.74, 6) is 0.175. The minimum atomic E-state index is 0.175. The highest BCUT2D eigenvalue weighted by Crippen LogP contribution is 2.22. The summed E-state index contributed by atoms with van der Waals surface area (Å²) < 4.78 is 1.92. The number of carbonyl (C=O) groups excluding carboxylic acids is 1. The number of carbonyl (C=O) groups is 1. The molecule has 0 unspecified atom stereocenters. The smallest absolute Gasteiger partial charge is 0.253 e. The van der Waals surface area contributed by atoms with Crippen LogP contribution in [0.15, 0.2) is 36.9 Å². The molecule has 6 heteroatoms. The molecule has 0 saturated carbocycles. The van der Waals surface area contributed by atoms with E-state index in [0.29, 0.717) is 6.04 Å². The summed E-state index contributed by atoms with van der Waals surface area (Å²) in [6.07, 6.45) is 8.07. The van der Waals surface area contributed by atoms with Crippen LogP contribution in [0.1, 0.15) is 41.6 Å². The second-order valence-electron chi connectivity index (χ2n) is 7.08. The van der Waals surface area contributed by atoms with Gasteiger partial charge in [0.15, 0.2) is 0 Å². The fourth-order valence-electron chi connectivity index (χ4n) is 3.94. The highest BCUT2D eigenvalue weighted by Gasteiger charge is 2.25. The average Bonchev–Trinajstić information content (AvgIpc) is 3.39. The van der Waals surface area contributed by atoms with E-state index < -0.39 is 0 Å². The van der Waals surface area contributed by atoms with Gasteiger partial charge in [-0.3, -0.25) is 14.4 Å². The summed E-state index contributed by atoms with van der Waals surface area (Å²) in [5, 5.41) is 4.23. The van der Waals surface area contributed by atoms with Gasteiger partial charge < -0.3 is 4.90 Å². The number of nitrogens with zero attached hydrogens (tertiary/aromatic N) is 5. The molecule has 2 saturated heterocycles. The van der Waals surface area contributed by atoms with Crippen molar-refractivity contribution in [3.8, 4) is 0 Å². The Morgan fingerprint density at radius 3 is 2.60 bits per heavy atom. The maximum Gasteiger partial charge on any atom is 0.253 e. The van der Waals surface area contributed by atoms with Gasteiger partial charge in [0.25, 0.3) is 5.91 Å². The van der Waals surface area contributed by atoms with E-state index in [1.807, 2.05) is 21.7 Å². The Balaban J connectivity index is 1.37. The van der Waals surface area contributed by atoms with E-state index in [2.05, 4.69) is 27.1 Å². The van der Waals surface area contributed by atoms with Gasteiger partial charge in [-0.05, 0) is 49.9 Å². The number of benzene rings is 1. The Hall–Kier alpha value is -2.21. The minimum absolute atomic E-state index is 0.175. The van der Waals surface area contributed by atoms with Crippen molar-refractivity contribution in [2.75, 3.05) is 19.6 Å². The van der Waals surface area contributed by atoms with E-state index in [1.165, 1.54) is 18.4 Å². The van der Waals surface area contributed by atoms with Crippen LogP contribution >= 0.6 is 0 Å². The van der Waals surface area contributed by atoms with Gasteiger partial charge >= 0.3 is 0 Å². The summed E-state index contributed by atoms with van der Waals surface area (Å²) in [4.78, 5) is 20.9. The number of hydrogen-bond donors (Lipinski definition) is 0. The standard InChI is InChI=1S/C19H25N5O/c25-19(22-9-1-2-10-22)17-7-5-16(6-8-17)12-23-11-3-4-18(23)13-24-15-20-14-21-24/h5-8,14-15,18H,1-4,9-13H2/t18-/m1/s1. The molecule has 2 fully saturated rings. The number of aromatic nitrogens is 3. The molecular formula is C19H25N5O. The first-order chi connectivity index (χ1) is 12.3. The molecular weight excluding hydrogens is 314 g/mol. The zero-order valence-corrected chi connectivity index (χ0v) is 14.5. The van der Waals surface area contributed by atoms with Gasteiger partial charge in [0.2, 0.25) is 0 Å². The highest BCUT2D eigenvalue weighted by molar-refractivity contribution is 5.94. The molecule has 1 atom stereocenters. The molecule has 2 aliphatic heterocycles. The van der Waals surface area contributed by atoms with Gasteiger partial charge in [0.05, 0.1) is 6.54 Å². The van der Waals surface area contributed by atoms with E-state index in [0.717, 1.165) is 51.1 Å². The lowest BCUT2D eigenvalue weighted by Gasteiger charge is -2.24. The molecule has 3 heterocycles. The van der Waals surface area contributed by atoms with Crippen molar-refractivity contribution in [1.29, 1.82) is 0 Å². The maximum atomic E-state index is 12.4. The van der Waals surface area contributed by atoms with Crippen LogP contribution in [0.4, 0.5) is 0 Å². The predicted molar refractivity (Wildman–Crippen MR) is 95.0 cm³/mol. The lowest BCUT2D eigenvalue weighted by atomic mass is 10.1. The van der Waals surface area contributed by atoms with Crippen LogP contribution in [0.3, 0.4) is 0 Å². The molecule has 6 nitrogen and oxygen atoms in total. The molecule has 0 radical (unpaired) electrons. The Morgan fingerprint density at radius 2 is 1.88 bits per heavy atom. The molecule has 2 aromatic rings. The monoisotopic (exact) mass is 339 g/mol. The lowest BCUT2D eigenvalue weighted by Crippen LogP contribution is -2.32. The summed E-state index contributed by atoms with van der Waals surface area (Å²) >= 11 is 0. The van der Waals surface area contributed by atoms with Crippen LogP contribution in [0, 0.1) is 0 Å². The first-order valence-corrected chi connectivity index (χ1v) is 9.24. The second-order valence-corrected chi connectivity index (χ2v) is 7.08. The number of amides is 1. The fourth-order valence-corrected chi connectivity index (χ4v) is 3.94. The third kappa shape index (κ3) is 3.74. The summed E-state index contributed by atoms with van der Waals surface area (Å²) in [6, 6.07) is 8.69. The van der Waals surface area contributed by atoms with Gasteiger partial charge in [-0.25, -0.2) is 4.98 Å². The molecule has 1 aromatic carbocycles.